The van der Waals surface area contributed by atoms with Gasteiger partial charge in [0.25, 0.3) is 0 Å². The lowest BCUT2D eigenvalue weighted by Gasteiger charge is -2.17. The van der Waals surface area contributed by atoms with Crippen molar-refractivity contribution in [2.75, 3.05) is 12.3 Å². The molecule has 2 heterocycles. The highest BCUT2D eigenvalue weighted by Gasteiger charge is 2.35. The molecule has 1 aromatic rings. The molecule has 98 valence electrons. The van der Waals surface area contributed by atoms with Gasteiger partial charge in [-0.3, -0.25) is 4.57 Å². The molecule has 1 aliphatic rings. The molecule has 0 aliphatic carbocycles. The molecule has 0 radical (unpaired) electrons. The van der Waals surface area contributed by atoms with Gasteiger partial charge in [-0.25, -0.2) is 4.79 Å². The predicted octanol–water partition coefficient (Wildman–Crippen LogP) is -0.891. The lowest BCUT2D eigenvalue weighted by atomic mass is 10.2. The number of nitrogens with zero attached hydrogens (tertiary/aromatic N) is 2. The van der Waals surface area contributed by atoms with Crippen molar-refractivity contribution in [1.82, 2.24) is 9.55 Å². The van der Waals surface area contributed by atoms with Crippen LogP contribution in [-0.4, -0.2) is 38.6 Å². The quantitative estimate of drug-likeness (QED) is 0.644. The first-order chi connectivity index (χ1) is 8.56. The van der Waals surface area contributed by atoms with Crippen LogP contribution in [0.15, 0.2) is 17.6 Å². The van der Waals surface area contributed by atoms with Crippen LogP contribution in [0.2, 0.25) is 0 Å². The summed E-state index contributed by atoms with van der Waals surface area (Å²) in [5.74, 6) is 0.0810. The van der Waals surface area contributed by atoms with E-state index in [1.807, 2.05) is 0 Å². The van der Waals surface area contributed by atoms with Gasteiger partial charge in [0.15, 0.2) is 6.23 Å². The highest BCUT2D eigenvalue weighted by molar-refractivity contribution is 5.57. The van der Waals surface area contributed by atoms with Gasteiger partial charge in [-0.1, -0.05) is 12.7 Å². The Morgan fingerprint density at radius 1 is 1.72 bits per heavy atom. The Morgan fingerprint density at radius 3 is 3.00 bits per heavy atom. The van der Waals surface area contributed by atoms with Gasteiger partial charge >= 0.3 is 5.69 Å². The standard InChI is InChI=1S/C11H15N3O4/c1-2-6-4-14(11(17)13-9(6)12)10-8(16)3-7(5-15)18-10/h2,4,7-8,10,15-16H,1,3,5H2,(H2,12,13,17)/t7-,8+,10+/m0/s1. The number of hydrogen-bond acceptors (Lipinski definition) is 6. The number of aromatic nitrogens is 2. The molecular weight excluding hydrogens is 238 g/mol. The maximum Gasteiger partial charge on any atom is 0.351 e. The fraction of sp³-hybridized carbons (Fsp3) is 0.455. The highest BCUT2D eigenvalue weighted by Crippen LogP contribution is 2.27. The van der Waals surface area contributed by atoms with Gasteiger partial charge < -0.3 is 20.7 Å². The SMILES string of the molecule is C=Cc1cn([C@@H]2O[C@H](CO)C[C@H]2O)c(=O)nc1N. The van der Waals surface area contributed by atoms with Crippen molar-refractivity contribution in [3.63, 3.8) is 0 Å². The molecule has 0 aromatic carbocycles. The first-order valence-electron chi connectivity index (χ1n) is 5.52. The summed E-state index contributed by atoms with van der Waals surface area (Å²) < 4.78 is 6.54. The Morgan fingerprint density at radius 2 is 2.44 bits per heavy atom. The molecule has 0 bridgehead atoms. The topological polar surface area (TPSA) is 111 Å². The van der Waals surface area contributed by atoms with E-state index in [4.69, 9.17) is 15.6 Å². The van der Waals surface area contributed by atoms with Crippen molar-refractivity contribution < 1.29 is 14.9 Å². The molecule has 1 saturated heterocycles. The number of nitrogen functional groups attached to an aromatic ring is 1. The van der Waals surface area contributed by atoms with Crippen LogP contribution < -0.4 is 11.4 Å². The van der Waals surface area contributed by atoms with Gasteiger partial charge in [0.2, 0.25) is 0 Å². The van der Waals surface area contributed by atoms with E-state index in [-0.39, 0.29) is 18.8 Å². The average molecular weight is 253 g/mol. The van der Waals surface area contributed by atoms with Crippen LogP contribution in [0, 0.1) is 0 Å². The second-order valence-corrected chi connectivity index (χ2v) is 4.11. The monoisotopic (exact) mass is 253 g/mol. The summed E-state index contributed by atoms with van der Waals surface area (Å²) in [6.45, 7) is 3.35. The Bertz CT molecular complexity index is 514. The zero-order valence-corrected chi connectivity index (χ0v) is 9.69. The number of rotatable bonds is 3. The van der Waals surface area contributed by atoms with Crippen molar-refractivity contribution in [3.05, 3.63) is 28.8 Å². The summed E-state index contributed by atoms with van der Waals surface area (Å²) in [5, 5.41) is 18.8. The van der Waals surface area contributed by atoms with Gasteiger partial charge in [0.05, 0.1) is 12.7 Å². The van der Waals surface area contributed by atoms with E-state index in [1.54, 1.807) is 0 Å². The number of aliphatic hydroxyl groups excluding tert-OH is 2. The third-order valence-corrected chi connectivity index (χ3v) is 2.87. The molecule has 0 saturated carbocycles. The zero-order valence-electron chi connectivity index (χ0n) is 9.69. The minimum absolute atomic E-state index is 0.0810. The molecule has 0 spiro atoms. The van der Waals surface area contributed by atoms with Crippen molar-refractivity contribution >= 4 is 11.9 Å². The molecule has 18 heavy (non-hydrogen) atoms. The maximum absolute atomic E-state index is 11.7. The molecule has 1 aliphatic heterocycles. The zero-order chi connectivity index (χ0) is 13.3. The van der Waals surface area contributed by atoms with Crippen molar-refractivity contribution in [3.8, 4) is 0 Å². The first-order valence-corrected chi connectivity index (χ1v) is 5.52. The highest BCUT2D eigenvalue weighted by atomic mass is 16.5. The largest absolute Gasteiger partial charge is 0.394 e. The number of aliphatic hydroxyl groups is 2. The van der Waals surface area contributed by atoms with Crippen LogP contribution in [0.25, 0.3) is 6.08 Å². The van der Waals surface area contributed by atoms with E-state index in [2.05, 4.69) is 11.6 Å². The van der Waals surface area contributed by atoms with Gasteiger partial charge in [0.1, 0.15) is 11.9 Å². The molecule has 7 nitrogen and oxygen atoms in total. The first kappa shape index (κ1) is 12.7. The van der Waals surface area contributed by atoms with Gasteiger partial charge in [0, 0.05) is 18.2 Å². The maximum atomic E-state index is 11.7. The van der Waals surface area contributed by atoms with Gasteiger partial charge in [-0.15, -0.1) is 0 Å². The molecular formula is C11H15N3O4. The summed E-state index contributed by atoms with van der Waals surface area (Å²) >= 11 is 0. The molecule has 3 atom stereocenters. The van der Waals surface area contributed by atoms with Crippen molar-refractivity contribution in [2.45, 2.75) is 24.9 Å². The molecule has 7 heteroatoms. The van der Waals surface area contributed by atoms with Crippen LogP contribution in [0.1, 0.15) is 18.2 Å². The van der Waals surface area contributed by atoms with Gasteiger partial charge in [-0.2, -0.15) is 4.98 Å². The van der Waals surface area contributed by atoms with E-state index in [0.29, 0.717) is 5.56 Å². The molecule has 1 fully saturated rings. The van der Waals surface area contributed by atoms with Crippen LogP contribution in [-0.2, 0) is 4.74 Å². The smallest absolute Gasteiger partial charge is 0.351 e. The Balaban J connectivity index is 2.39. The second kappa shape index (κ2) is 4.89. The minimum atomic E-state index is -0.872. The molecule has 1 aromatic heterocycles. The Hall–Kier alpha value is -1.70. The van der Waals surface area contributed by atoms with E-state index in [0.717, 1.165) is 4.57 Å². The molecule has 0 amide bonds. The number of nitrogens with two attached hydrogens (primary N) is 1. The Labute approximate surface area is 103 Å². The normalized spacial score (nSPS) is 27.3. The third kappa shape index (κ3) is 2.15. The lowest BCUT2D eigenvalue weighted by molar-refractivity contribution is -0.0529. The van der Waals surface area contributed by atoms with Crippen molar-refractivity contribution in [1.29, 1.82) is 0 Å². The van der Waals surface area contributed by atoms with Crippen LogP contribution in [0.4, 0.5) is 5.82 Å². The molecule has 2 rings (SSSR count). The predicted molar refractivity (Wildman–Crippen MR) is 64.6 cm³/mol. The third-order valence-electron chi connectivity index (χ3n) is 2.87. The van der Waals surface area contributed by atoms with Crippen LogP contribution in [0.3, 0.4) is 0 Å². The summed E-state index contributed by atoms with van der Waals surface area (Å²) in [5.41, 5.74) is 5.42. The lowest BCUT2D eigenvalue weighted by Crippen LogP contribution is -2.32. The number of ether oxygens (including phenoxy) is 1. The van der Waals surface area contributed by atoms with Crippen LogP contribution >= 0.6 is 0 Å². The Kier molecular flexibility index (Phi) is 3.46. The van der Waals surface area contributed by atoms with E-state index < -0.39 is 24.1 Å². The van der Waals surface area contributed by atoms with E-state index in [9.17, 15) is 9.90 Å². The van der Waals surface area contributed by atoms with Gasteiger partial charge in [-0.05, 0) is 0 Å². The van der Waals surface area contributed by atoms with Crippen molar-refractivity contribution in [2.24, 2.45) is 0 Å². The average Bonchev–Trinajstić information content (AvgIpc) is 2.71. The second-order valence-electron chi connectivity index (χ2n) is 4.11. The summed E-state index contributed by atoms with van der Waals surface area (Å²) in [4.78, 5) is 15.4. The number of hydrogen-bond donors (Lipinski definition) is 3. The fourth-order valence-electron chi connectivity index (χ4n) is 1.93. The summed E-state index contributed by atoms with van der Waals surface area (Å²) in [6.07, 6.45) is 0.946. The molecule has 4 N–H and O–H groups in total. The number of anilines is 1. The summed E-state index contributed by atoms with van der Waals surface area (Å²) in [7, 11) is 0. The minimum Gasteiger partial charge on any atom is -0.394 e. The fourth-order valence-corrected chi connectivity index (χ4v) is 1.93. The van der Waals surface area contributed by atoms with Crippen LogP contribution in [0.5, 0.6) is 0 Å². The van der Waals surface area contributed by atoms with E-state index in [1.165, 1.54) is 12.3 Å². The summed E-state index contributed by atoms with van der Waals surface area (Å²) in [6, 6.07) is 0. The van der Waals surface area contributed by atoms with E-state index >= 15 is 0 Å². The molecule has 0 unspecified atom stereocenters.